The first-order chi connectivity index (χ1) is 5.38. The molecule has 0 aliphatic heterocycles. The smallest absolute Gasteiger partial charge is 0.0499 e. The fourth-order valence-electron chi connectivity index (χ4n) is 1.20. The van der Waals surface area contributed by atoms with Crippen LogP contribution >= 0.6 is 0 Å². The summed E-state index contributed by atoms with van der Waals surface area (Å²) in [4.78, 5) is 0. The van der Waals surface area contributed by atoms with E-state index in [9.17, 15) is 0 Å². The van der Waals surface area contributed by atoms with Gasteiger partial charge in [-0.05, 0) is 12.0 Å². The molecule has 0 saturated carbocycles. The van der Waals surface area contributed by atoms with Crippen LogP contribution in [0.25, 0.3) is 0 Å². The van der Waals surface area contributed by atoms with Gasteiger partial charge in [0.1, 0.15) is 0 Å². The molecule has 0 heterocycles. The lowest BCUT2D eigenvalue weighted by Crippen LogP contribution is -2.01. The number of hydrogen-bond acceptors (Lipinski definition) is 1. The van der Waals surface area contributed by atoms with Gasteiger partial charge in [-0.1, -0.05) is 37.3 Å². The lowest BCUT2D eigenvalue weighted by molar-refractivity contribution is 0.262. The molecule has 1 nitrogen and oxygen atoms in total. The zero-order chi connectivity index (χ0) is 8.10. The Morgan fingerprint density at radius 1 is 1.27 bits per heavy atom. The molecule has 0 radical (unpaired) electrons. The van der Waals surface area contributed by atoms with E-state index >= 15 is 0 Å². The van der Waals surface area contributed by atoms with Gasteiger partial charge >= 0.3 is 0 Å². The third-order valence-corrected chi connectivity index (χ3v) is 1.98. The Kier molecular flexibility index (Phi) is 3.12. The molecule has 0 aliphatic carbocycles. The van der Waals surface area contributed by atoms with E-state index in [4.69, 9.17) is 5.11 Å². The van der Waals surface area contributed by atoms with Gasteiger partial charge in [-0.25, -0.2) is 0 Å². The van der Waals surface area contributed by atoms with Crippen molar-refractivity contribution in [2.75, 3.05) is 6.61 Å². The van der Waals surface area contributed by atoms with E-state index in [2.05, 4.69) is 19.1 Å². The average molecular weight is 150 g/mol. The molecule has 1 unspecified atom stereocenters. The highest BCUT2D eigenvalue weighted by molar-refractivity contribution is 5.19. The van der Waals surface area contributed by atoms with Gasteiger partial charge in [0.05, 0.1) is 0 Å². The topological polar surface area (TPSA) is 20.2 Å². The molecule has 1 N–H and O–H groups in total. The summed E-state index contributed by atoms with van der Waals surface area (Å²) in [5, 5.41) is 8.98. The molecule has 60 valence electrons. The summed E-state index contributed by atoms with van der Waals surface area (Å²) in [7, 11) is 0. The SMILES string of the molecule is CCC(CO)c1ccccc1. The van der Waals surface area contributed by atoms with Crippen molar-refractivity contribution in [3.63, 3.8) is 0 Å². The fraction of sp³-hybridized carbons (Fsp3) is 0.400. The van der Waals surface area contributed by atoms with E-state index in [0.717, 1.165) is 6.42 Å². The van der Waals surface area contributed by atoms with Crippen molar-refractivity contribution in [2.24, 2.45) is 0 Å². The highest BCUT2D eigenvalue weighted by Gasteiger charge is 2.05. The van der Waals surface area contributed by atoms with Crippen LogP contribution in [0.3, 0.4) is 0 Å². The highest BCUT2D eigenvalue weighted by atomic mass is 16.3. The third kappa shape index (κ3) is 2.05. The number of hydrogen-bond donors (Lipinski definition) is 1. The molecular weight excluding hydrogens is 136 g/mol. The Labute approximate surface area is 67.7 Å². The first-order valence-corrected chi connectivity index (χ1v) is 4.04. The molecule has 1 heteroatoms. The standard InChI is InChI=1S/C10H14O/c1-2-9(8-11)10-6-4-3-5-7-10/h3-7,9,11H,2,8H2,1H3. The quantitative estimate of drug-likeness (QED) is 0.700. The molecule has 0 aromatic heterocycles. The molecule has 0 fully saturated rings. The third-order valence-electron chi connectivity index (χ3n) is 1.98. The highest BCUT2D eigenvalue weighted by Crippen LogP contribution is 2.17. The second-order valence-corrected chi connectivity index (χ2v) is 2.70. The van der Waals surface area contributed by atoms with E-state index in [1.807, 2.05) is 18.2 Å². The Morgan fingerprint density at radius 2 is 1.91 bits per heavy atom. The van der Waals surface area contributed by atoms with Crippen LogP contribution in [0.1, 0.15) is 24.8 Å². The van der Waals surface area contributed by atoms with Crippen LogP contribution in [-0.2, 0) is 0 Å². The molecule has 1 aromatic rings. The lowest BCUT2D eigenvalue weighted by atomic mass is 9.98. The number of rotatable bonds is 3. The minimum absolute atomic E-state index is 0.251. The van der Waals surface area contributed by atoms with Crippen molar-refractivity contribution in [2.45, 2.75) is 19.3 Å². The summed E-state index contributed by atoms with van der Waals surface area (Å²) >= 11 is 0. The van der Waals surface area contributed by atoms with Gasteiger partial charge in [0, 0.05) is 12.5 Å². The average Bonchev–Trinajstić information content (AvgIpc) is 2.09. The predicted octanol–water partition coefficient (Wildman–Crippen LogP) is 2.17. The summed E-state index contributed by atoms with van der Waals surface area (Å²) in [5.41, 5.74) is 1.23. The first-order valence-electron chi connectivity index (χ1n) is 4.04. The largest absolute Gasteiger partial charge is 0.396 e. The Morgan fingerprint density at radius 3 is 2.36 bits per heavy atom. The molecular formula is C10H14O. The summed E-state index contributed by atoms with van der Waals surface area (Å²) in [6, 6.07) is 10.1. The Hall–Kier alpha value is -0.820. The second kappa shape index (κ2) is 4.14. The molecule has 1 rings (SSSR count). The van der Waals surface area contributed by atoms with Crippen LogP contribution in [0, 0.1) is 0 Å². The summed E-state index contributed by atoms with van der Waals surface area (Å²) < 4.78 is 0. The molecule has 11 heavy (non-hydrogen) atoms. The van der Waals surface area contributed by atoms with Crippen LogP contribution in [0.4, 0.5) is 0 Å². The van der Waals surface area contributed by atoms with Crippen LogP contribution in [0.15, 0.2) is 30.3 Å². The normalized spacial score (nSPS) is 12.9. The van der Waals surface area contributed by atoms with E-state index in [-0.39, 0.29) is 6.61 Å². The molecule has 0 amide bonds. The predicted molar refractivity (Wildman–Crippen MR) is 46.6 cm³/mol. The van der Waals surface area contributed by atoms with Crippen molar-refractivity contribution in [3.8, 4) is 0 Å². The van der Waals surface area contributed by atoms with E-state index < -0.39 is 0 Å². The molecule has 1 atom stereocenters. The maximum atomic E-state index is 8.98. The molecule has 1 aromatic carbocycles. The van der Waals surface area contributed by atoms with Crippen LogP contribution in [0.5, 0.6) is 0 Å². The van der Waals surface area contributed by atoms with Crippen LogP contribution in [0.2, 0.25) is 0 Å². The van der Waals surface area contributed by atoms with Gasteiger partial charge in [-0.15, -0.1) is 0 Å². The minimum atomic E-state index is 0.251. The number of aliphatic hydroxyl groups excluding tert-OH is 1. The zero-order valence-corrected chi connectivity index (χ0v) is 6.83. The second-order valence-electron chi connectivity index (χ2n) is 2.70. The van der Waals surface area contributed by atoms with E-state index in [1.54, 1.807) is 0 Å². The number of benzene rings is 1. The van der Waals surface area contributed by atoms with Crippen LogP contribution < -0.4 is 0 Å². The Bertz CT molecular complexity index is 189. The first kappa shape index (κ1) is 8.28. The van der Waals surface area contributed by atoms with Gasteiger partial charge in [0.15, 0.2) is 0 Å². The van der Waals surface area contributed by atoms with Crippen molar-refractivity contribution in [3.05, 3.63) is 35.9 Å². The summed E-state index contributed by atoms with van der Waals surface area (Å²) in [5.74, 6) is 0.316. The molecule has 0 aliphatic rings. The van der Waals surface area contributed by atoms with Crippen molar-refractivity contribution >= 4 is 0 Å². The van der Waals surface area contributed by atoms with Crippen molar-refractivity contribution in [1.82, 2.24) is 0 Å². The number of aliphatic hydroxyl groups is 1. The van der Waals surface area contributed by atoms with Gasteiger partial charge in [0.25, 0.3) is 0 Å². The van der Waals surface area contributed by atoms with Crippen molar-refractivity contribution in [1.29, 1.82) is 0 Å². The van der Waals surface area contributed by atoms with E-state index in [0.29, 0.717) is 5.92 Å². The summed E-state index contributed by atoms with van der Waals surface area (Å²) in [6.07, 6.45) is 1.00. The van der Waals surface area contributed by atoms with E-state index in [1.165, 1.54) is 5.56 Å². The maximum absolute atomic E-state index is 8.98. The summed E-state index contributed by atoms with van der Waals surface area (Å²) in [6.45, 7) is 2.34. The molecule has 0 saturated heterocycles. The fourth-order valence-corrected chi connectivity index (χ4v) is 1.20. The van der Waals surface area contributed by atoms with Gasteiger partial charge < -0.3 is 5.11 Å². The Balaban J connectivity index is 2.74. The molecule has 0 spiro atoms. The van der Waals surface area contributed by atoms with Gasteiger partial charge in [-0.2, -0.15) is 0 Å². The van der Waals surface area contributed by atoms with Crippen molar-refractivity contribution < 1.29 is 5.11 Å². The van der Waals surface area contributed by atoms with Crippen LogP contribution in [-0.4, -0.2) is 11.7 Å². The maximum Gasteiger partial charge on any atom is 0.0499 e. The van der Waals surface area contributed by atoms with Gasteiger partial charge in [0.2, 0.25) is 0 Å². The van der Waals surface area contributed by atoms with Gasteiger partial charge in [-0.3, -0.25) is 0 Å². The lowest BCUT2D eigenvalue weighted by Gasteiger charge is -2.10. The zero-order valence-electron chi connectivity index (χ0n) is 6.83. The molecule has 0 bridgehead atoms. The minimum Gasteiger partial charge on any atom is -0.396 e. The monoisotopic (exact) mass is 150 g/mol.